The van der Waals surface area contributed by atoms with Crippen LogP contribution in [0.3, 0.4) is 0 Å². The summed E-state index contributed by atoms with van der Waals surface area (Å²) in [7, 11) is -1.95. The second-order valence-electron chi connectivity index (χ2n) is 7.86. The lowest BCUT2D eigenvalue weighted by atomic mass is 10.2. The molecule has 0 aliphatic carbocycles. The fourth-order valence-corrected chi connectivity index (χ4v) is 5.33. The molecule has 0 atom stereocenters. The smallest absolute Gasteiger partial charge is 0.251 e. The normalized spacial score (nSPS) is 14.2. The van der Waals surface area contributed by atoms with Crippen molar-refractivity contribution in [1.29, 1.82) is 0 Å². The average Bonchev–Trinajstić information content (AvgIpc) is 2.88. The van der Waals surface area contributed by atoms with Crippen LogP contribution in [0, 0.1) is 0 Å². The molecule has 3 rings (SSSR count). The van der Waals surface area contributed by atoms with Crippen molar-refractivity contribution in [1.82, 2.24) is 14.5 Å². The van der Waals surface area contributed by atoms with Gasteiger partial charge in [-0.05, 0) is 48.5 Å². The number of amides is 2. The molecule has 9 nitrogen and oxygen atoms in total. The van der Waals surface area contributed by atoms with Crippen molar-refractivity contribution in [3.05, 3.63) is 54.1 Å². The summed E-state index contributed by atoms with van der Waals surface area (Å²) in [4.78, 5) is 29.1. The quantitative estimate of drug-likeness (QED) is 0.578. The highest BCUT2D eigenvalue weighted by atomic mass is 32.2. The van der Waals surface area contributed by atoms with Crippen LogP contribution < -0.4 is 15.0 Å². The maximum absolute atomic E-state index is 12.6. The molecule has 2 amide bonds. The number of nitrogens with one attached hydrogen (secondary N) is 1. The first kappa shape index (κ1) is 25.5. The topological polar surface area (TPSA) is 99.3 Å². The first-order chi connectivity index (χ1) is 16.3. The van der Waals surface area contributed by atoms with Crippen molar-refractivity contribution in [2.24, 2.45) is 0 Å². The number of sulfonamides is 1. The van der Waals surface area contributed by atoms with E-state index < -0.39 is 15.9 Å². The maximum Gasteiger partial charge on any atom is 0.251 e. The fourth-order valence-electron chi connectivity index (χ4n) is 3.87. The van der Waals surface area contributed by atoms with E-state index in [1.165, 1.54) is 28.6 Å². The third-order valence-corrected chi connectivity index (χ3v) is 7.99. The predicted molar refractivity (Wildman–Crippen MR) is 131 cm³/mol. The molecule has 1 fully saturated rings. The van der Waals surface area contributed by atoms with Crippen LogP contribution in [0.25, 0.3) is 0 Å². The number of carbonyl (C=O) groups excluding carboxylic acids is 2. The van der Waals surface area contributed by atoms with Gasteiger partial charge < -0.3 is 19.9 Å². The monoisotopic (exact) mass is 488 g/mol. The van der Waals surface area contributed by atoms with Crippen molar-refractivity contribution in [2.75, 3.05) is 57.8 Å². The molecule has 0 bridgehead atoms. The van der Waals surface area contributed by atoms with Crippen molar-refractivity contribution < 1.29 is 22.7 Å². The summed E-state index contributed by atoms with van der Waals surface area (Å²) in [6.07, 6.45) is 0. The van der Waals surface area contributed by atoms with Gasteiger partial charge >= 0.3 is 0 Å². The molecule has 0 aromatic heterocycles. The second-order valence-corrected chi connectivity index (χ2v) is 9.80. The van der Waals surface area contributed by atoms with Crippen molar-refractivity contribution in [3.8, 4) is 5.75 Å². The molecule has 1 aliphatic heterocycles. The summed E-state index contributed by atoms with van der Waals surface area (Å²) in [5.74, 6) is 0.230. The van der Waals surface area contributed by atoms with E-state index in [9.17, 15) is 18.0 Å². The molecule has 0 spiro atoms. The van der Waals surface area contributed by atoms with Crippen LogP contribution in [-0.4, -0.2) is 82.4 Å². The Labute approximate surface area is 201 Å². The molecular formula is C24H32N4O5S. The molecule has 184 valence electrons. The van der Waals surface area contributed by atoms with Gasteiger partial charge in [-0.15, -0.1) is 0 Å². The SMILES string of the molecule is CCN(CC)S(=O)(=O)c1ccc(C(=O)NCC(=O)N2CCN(c3ccc(OC)cc3)CC2)cc1. The number of benzene rings is 2. The van der Waals surface area contributed by atoms with E-state index >= 15 is 0 Å². The van der Waals surface area contributed by atoms with Crippen LogP contribution >= 0.6 is 0 Å². The predicted octanol–water partition coefficient (Wildman–Crippen LogP) is 1.80. The molecule has 1 N–H and O–H groups in total. The van der Waals surface area contributed by atoms with Crippen molar-refractivity contribution in [3.63, 3.8) is 0 Å². The molecule has 1 heterocycles. The zero-order chi connectivity index (χ0) is 24.7. The number of rotatable bonds is 9. The van der Waals surface area contributed by atoms with E-state index in [1.807, 2.05) is 24.3 Å². The lowest BCUT2D eigenvalue weighted by Gasteiger charge is -2.36. The Hall–Kier alpha value is -3.11. The van der Waals surface area contributed by atoms with E-state index in [0.29, 0.717) is 44.8 Å². The summed E-state index contributed by atoms with van der Waals surface area (Å²) >= 11 is 0. The van der Waals surface area contributed by atoms with Gasteiger partial charge in [0, 0.05) is 50.5 Å². The highest BCUT2D eigenvalue weighted by Gasteiger charge is 2.23. The van der Waals surface area contributed by atoms with Gasteiger partial charge in [0.2, 0.25) is 15.9 Å². The molecule has 34 heavy (non-hydrogen) atoms. The maximum atomic E-state index is 12.6. The molecule has 0 unspecified atom stereocenters. The average molecular weight is 489 g/mol. The Balaban J connectivity index is 1.50. The van der Waals surface area contributed by atoms with Crippen molar-refractivity contribution in [2.45, 2.75) is 18.7 Å². The molecule has 2 aromatic carbocycles. The summed E-state index contributed by atoms with van der Waals surface area (Å²) in [6, 6.07) is 13.6. The highest BCUT2D eigenvalue weighted by Crippen LogP contribution is 2.20. The van der Waals surface area contributed by atoms with Crippen LogP contribution in [0.15, 0.2) is 53.4 Å². The number of methoxy groups -OCH3 is 1. The number of hydrogen-bond acceptors (Lipinski definition) is 6. The zero-order valence-corrected chi connectivity index (χ0v) is 20.7. The van der Waals surface area contributed by atoms with Crippen LogP contribution in [0.2, 0.25) is 0 Å². The molecule has 0 radical (unpaired) electrons. The number of hydrogen-bond donors (Lipinski definition) is 1. The summed E-state index contributed by atoms with van der Waals surface area (Å²) in [5.41, 5.74) is 1.38. The van der Waals surface area contributed by atoms with Gasteiger partial charge in [0.15, 0.2) is 0 Å². The standard InChI is InChI=1S/C24H32N4O5S/c1-4-28(5-2)34(31,32)22-12-6-19(7-13-22)24(30)25-18-23(29)27-16-14-26(15-17-27)20-8-10-21(33-3)11-9-20/h6-13H,4-5,14-18H2,1-3H3,(H,25,30). The number of nitrogens with zero attached hydrogens (tertiary/aromatic N) is 3. The third-order valence-electron chi connectivity index (χ3n) is 5.93. The first-order valence-electron chi connectivity index (χ1n) is 11.3. The van der Waals surface area contributed by atoms with E-state index in [-0.39, 0.29) is 17.3 Å². The minimum absolute atomic E-state index is 0.110. The Morgan fingerprint density at radius 1 is 0.941 bits per heavy atom. The number of ether oxygens (including phenoxy) is 1. The number of carbonyl (C=O) groups is 2. The van der Waals surface area contributed by atoms with Gasteiger partial charge in [-0.3, -0.25) is 9.59 Å². The Kier molecular flexibility index (Phi) is 8.51. The summed E-state index contributed by atoms with van der Waals surface area (Å²) in [5, 5.41) is 2.64. The van der Waals surface area contributed by atoms with Crippen LogP contribution in [0.5, 0.6) is 5.75 Å². The van der Waals surface area contributed by atoms with Crippen LogP contribution in [-0.2, 0) is 14.8 Å². The van der Waals surface area contributed by atoms with Gasteiger partial charge in [-0.25, -0.2) is 8.42 Å². The van der Waals surface area contributed by atoms with Crippen LogP contribution in [0.1, 0.15) is 24.2 Å². The van der Waals surface area contributed by atoms with Gasteiger partial charge in [0.25, 0.3) is 5.91 Å². The minimum Gasteiger partial charge on any atom is -0.497 e. The molecule has 2 aromatic rings. The van der Waals surface area contributed by atoms with Crippen LogP contribution in [0.4, 0.5) is 5.69 Å². The summed E-state index contributed by atoms with van der Waals surface area (Å²) < 4.78 is 31.7. The van der Waals surface area contributed by atoms with Crippen molar-refractivity contribution >= 4 is 27.5 Å². The molecule has 0 saturated carbocycles. The van der Waals surface area contributed by atoms with E-state index in [0.717, 1.165) is 11.4 Å². The lowest BCUT2D eigenvalue weighted by molar-refractivity contribution is -0.130. The van der Waals surface area contributed by atoms with Gasteiger partial charge in [-0.1, -0.05) is 13.8 Å². The Morgan fingerprint density at radius 3 is 2.06 bits per heavy atom. The summed E-state index contributed by atoms with van der Waals surface area (Å²) in [6.45, 7) is 6.73. The zero-order valence-electron chi connectivity index (χ0n) is 19.9. The van der Waals surface area contributed by atoms with E-state index in [4.69, 9.17) is 4.74 Å². The van der Waals surface area contributed by atoms with Gasteiger partial charge in [0.05, 0.1) is 18.6 Å². The molecule has 10 heteroatoms. The number of piperazine rings is 1. The highest BCUT2D eigenvalue weighted by molar-refractivity contribution is 7.89. The molecule has 1 saturated heterocycles. The van der Waals surface area contributed by atoms with E-state index in [1.54, 1.807) is 25.9 Å². The Morgan fingerprint density at radius 2 is 1.53 bits per heavy atom. The Bertz CT molecular complexity index is 1080. The lowest BCUT2D eigenvalue weighted by Crippen LogP contribution is -2.51. The van der Waals surface area contributed by atoms with E-state index in [2.05, 4.69) is 10.2 Å². The largest absolute Gasteiger partial charge is 0.497 e. The first-order valence-corrected chi connectivity index (χ1v) is 12.8. The fraction of sp³-hybridized carbons (Fsp3) is 0.417. The van der Waals surface area contributed by atoms with Gasteiger partial charge in [0.1, 0.15) is 5.75 Å². The molecule has 1 aliphatic rings. The third kappa shape index (κ3) is 5.87. The van der Waals surface area contributed by atoms with Gasteiger partial charge in [-0.2, -0.15) is 4.31 Å². The molecular weight excluding hydrogens is 456 g/mol. The second kappa shape index (κ2) is 11.3. The number of anilines is 1. The minimum atomic E-state index is -3.58.